The molecule has 0 atom stereocenters. The highest BCUT2D eigenvalue weighted by Gasteiger charge is 2.16. The van der Waals surface area contributed by atoms with Crippen LogP contribution in [-0.4, -0.2) is 12.1 Å². The van der Waals surface area contributed by atoms with E-state index in [1.165, 1.54) is 0 Å². The molecule has 0 N–H and O–H groups in total. The van der Waals surface area contributed by atoms with E-state index in [-0.39, 0.29) is 0 Å². The van der Waals surface area contributed by atoms with Crippen molar-refractivity contribution in [2.75, 3.05) is 7.11 Å². The van der Waals surface area contributed by atoms with Gasteiger partial charge in [-0.25, -0.2) is 0 Å². The molecule has 0 amide bonds. The van der Waals surface area contributed by atoms with Gasteiger partial charge in [0.2, 0.25) is 0 Å². The second kappa shape index (κ2) is 6.42. The third-order valence-electron chi connectivity index (χ3n) is 3.79. The van der Waals surface area contributed by atoms with Crippen LogP contribution in [0.15, 0.2) is 87.5 Å². The van der Waals surface area contributed by atoms with Gasteiger partial charge in [0.1, 0.15) is 11.5 Å². The van der Waals surface area contributed by atoms with Crippen LogP contribution in [0, 0.1) is 0 Å². The molecule has 4 aromatic rings. The fraction of sp³-hybridized carbons (Fsp3) is 0.0500. The Kier molecular flexibility index (Phi) is 3.97. The fourth-order valence-corrected chi connectivity index (χ4v) is 3.50. The van der Waals surface area contributed by atoms with Gasteiger partial charge < -0.3 is 9.15 Å². The van der Waals surface area contributed by atoms with Crippen LogP contribution in [0.1, 0.15) is 0 Å². The highest BCUT2D eigenvalue weighted by molar-refractivity contribution is 7.99. The lowest BCUT2D eigenvalue weighted by Gasteiger charge is -2.01. The van der Waals surface area contributed by atoms with Gasteiger partial charge in [-0.3, -0.25) is 4.98 Å². The Labute approximate surface area is 144 Å². The number of hydrogen-bond donors (Lipinski definition) is 0. The number of benzene rings is 2. The summed E-state index contributed by atoms with van der Waals surface area (Å²) in [4.78, 5) is 5.40. The molecule has 24 heavy (non-hydrogen) atoms. The molecule has 0 aliphatic heterocycles. The van der Waals surface area contributed by atoms with Crippen molar-refractivity contribution < 1.29 is 9.15 Å². The molecule has 0 saturated carbocycles. The lowest BCUT2D eigenvalue weighted by molar-refractivity contribution is 0.415. The van der Waals surface area contributed by atoms with E-state index < -0.39 is 0 Å². The molecule has 0 aliphatic carbocycles. The van der Waals surface area contributed by atoms with Gasteiger partial charge in [-0.05, 0) is 42.5 Å². The normalized spacial score (nSPS) is 10.9. The molecular formula is C20H15NO2S. The molecule has 2 aromatic carbocycles. The van der Waals surface area contributed by atoms with Crippen LogP contribution in [0.3, 0.4) is 0 Å². The Morgan fingerprint density at radius 2 is 1.71 bits per heavy atom. The minimum absolute atomic E-state index is 0.826. The Bertz CT molecular complexity index is 962. The van der Waals surface area contributed by atoms with Gasteiger partial charge in [-0.1, -0.05) is 30.0 Å². The van der Waals surface area contributed by atoms with Crippen molar-refractivity contribution in [3.05, 3.63) is 73.1 Å². The molecule has 4 heteroatoms. The summed E-state index contributed by atoms with van der Waals surface area (Å²) in [6, 6.07) is 20.1. The van der Waals surface area contributed by atoms with E-state index in [4.69, 9.17) is 9.15 Å². The summed E-state index contributed by atoms with van der Waals surface area (Å²) in [5.41, 5.74) is 1.01. The minimum atomic E-state index is 0.826. The third kappa shape index (κ3) is 2.76. The summed E-state index contributed by atoms with van der Waals surface area (Å²) in [5, 5.41) is 2.97. The topological polar surface area (TPSA) is 35.3 Å². The van der Waals surface area contributed by atoms with Gasteiger partial charge in [0.05, 0.1) is 7.11 Å². The predicted molar refractivity (Wildman–Crippen MR) is 96.6 cm³/mol. The summed E-state index contributed by atoms with van der Waals surface area (Å²) >= 11 is 1.62. The molecule has 0 bridgehead atoms. The zero-order valence-electron chi connectivity index (χ0n) is 13.1. The van der Waals surface area contributed by atoms with Crippen molar-refractivity contribution in [2.24, 2.45) is 0 Å². The lowest BCUT2D eigenvalue weighted by Crippen LogP contribution is -1.82. The molecular weight excluding hydrogens is 318 g/mol. The monoisotopic (exact) mass is 333 g/mol. The third-order valence-corrected chi connectivity index (χ3v) is 4.78. The van der Waals surface area contributed by atoms with Crippen molar-refractivity contribution in [1.82, 2.24) is 4.98 Å². The van der Waals surface area contributed by atoms with E-state index in [9.17, 15) is 0 Å². The maximum atomic E-state index is 6.21. The quantitative estimate of drug-likeness (QED) is 0.483. The van der Waals surface area contributed by atoms with E-state index in [0.29, 0.717) is 0 Å². The highest BCUT2D eigenvalue weighted by atomic mass is 32.2. The molecule has 0 aliphatic rings. The van der Waals surface area contributed by atoms with Crippen molar-refractivity contribution in [3.8, 4) is 17.1 Å². The lowest BCUT2D eigenvalue weighted by atomic mass is 10.1. The first-order valence-electron chi connectivity index (χ1n) is 7.59. The van der Waals surface area contributed by atoms with Gasteiger partial charge in [-0.2, -0.15) is 0 Å². The van der Waals surface area contributed by atoms with Crippen molar-refractivity contribution in [3.63, 3.8) is 0 Å². The zero-order valence-corrected chi connectivity index (χ0v) is 13.9. The standard InChI is InChI=1S/C20H15NO2S/c1-22-15-9-7-14(8-10-15)19-18-13-21-12-11-17(18)20(23-19)24-16-5-3-2-4-6-16/h2-13H,1H3. The Balaban J connectivity index is 1.81. The van der Waals surface area contributed by atoms with Crippen LogP contribution in [0.5, 0.6) is 5.75 Å². The Morgan fingerprint density at radius 3 is 2.46 bits per heavy atom. The summed E-state index contributed by atoms with van der Waals surface area (Å²) in [6.45, 7) is 0. The molecule has 0 spiro atoms. The molecule has 118 valence electrons. The Hall–Kier alpha value is -2.72. The molecule has 2 heterocycles. The number of fused-ring (bicyclic) bond motifs is 1. The van der Waals surface area contributed by atoms with Crippen LogP contribution in [0.25, 0.3) is 22.1 Å². The molecule has 2 aromatic heterocycles. The van der Waals surface area contributed by atoms with Crippen LogP contribution in [0.4, 0.5) is 0 Å². The minimum Gasteiger partial charge on any atom is -0.497 e. The van der Waals surface area contributed by atoms with Crippen molar-refractivity contribution in [1.29, 1.82) is 0 Å². The molecule has 0 radical (unpaired) electrons. The number of methoxy groups -OCH3 is 1. The van der Waals surface area contributed by atoms with E-state index in [0.717, 1.165) is 37.8 Å². The maximum Gasteiger partial charge on any atom is 0.173 e. The van der Waals surface area contributed by atoms with Gasteiger partial charge in [-0.15, -0.1) is 0 Å². The zero-order chi connectivity index (χ0) is 16.4. The summed E-state index contributed by atoms with van der Waals surface area (Å²) < 4.78 is 11.4. The fourth-order valence-electron chi connectivity index (χ4n) is 2.58. The second-order valence-electron chi connectivity index (χ2n) is 5.28. The first kappa shape index (κ1) is 14.8. The predicted octanol–water partition coefficient (Wildman–Crippen LogP) is 5.65. The van der Waals surface area contributed by atoms with E-state index >= 15 is 0 Å². The number of aromatic nitrogens is 1. The van der Waals surface area contributed by atoms with E-state index in [2.05, 4.69) is 17.1 Å². The maximum absolute atomic E-state index is 6.21. The van der Waals surface area contributed by atoms with E-state index in [1.807, 2.05) is 54.7 Å². The number of ether oxygens (including phenoxy) is 1. The smallest absolute Gasteiger partial charge is 0.173 e. The van der Waals surface area contributed by atoms with Gasteiger partial charge in [0.15, 0.2) is 5.09 Å². The largest absolute Gasteiger partial charge is 0.497 e. The molecule has 3 nitrogen and oxygen atoms in total. The highest BCUT2D eigenvalue weighted by Crippen LogP contribution is 2.41. The average molecular weight is 333 g/mol. The first-order valence-corrected chi connectivity index (χ1v) is 8.40. The van der Waals surface area contributed by atoms with Gasteiger partial charge in [0.25, 0.3) is 0 Å². The van der Waals surface area contributed by atoms with Crippen LogP contribution < -0.4 is 4.74 Å². The second-order valence-corrected chi connectivity index (χ2v) is 6.33. The van der Waals surface area contributed by atoms with Crippen molar-refractivity contribution >= 4 is 22.5 Å². The van der Waals surface area contributed by atoms with Gasteiger partial charge in [0, 0.05) is 33.6 Å². The number of nitrogens with zero attached hydrogens (tertiary/aromatic N) is 1. The van der Waals surface area contributed by atoms with Crippen LogP contribution in [-0.2, 0) is 0 Å². The first-order chi connectivity index (χ1) is 11.8. The number of hydrogen-bond acceptors (Lipinski definition) is 4. The summed E-state index contributed by atoms with van der Waals surface area (Å²) in [7, 11) is 1.66. The Morgan fingerprint density at radius 1 is 0.917 bits per heavy atom. The molecule has 4 rings (SSSR count). The van der Waals surface area contributed by atoms with Crippen LogP contribution in [0.2, 0.25) is 0 Å². The van der Waals surface area contributed by atoms with Gasteiger partial charge >= 0.3 is 0 Å². The number of rotatable bonds is 4. The number of furan rings is 1. The molecule has 0 saturated heterocycles. The van der Waals surface area contributed by atoms with Crippen LogP contribution >= 0.6 is 11.8 Å². The summed E-state index contributed by atoms with van der Waals surface area (Å²) in [5.74, 6) is 1.66. The molecule has 0 unspecified atom stereocenters. The van der Waals surface area contributed by atoms with E-state index in [1.54, 1.807) is 25.1 Å². The SMILES string of the molecule is COc1ccc(-c2oc(Sc3ccccc3)c3ccncc23)cc1. The van der Waals surface area contributed by atoms with Crippen molar-refractivity contribution in [2.45, 2.75) is 9.99 Å². The average Bonchev–Trinajstić information content (AvgIpc) is 3.01. The number of pyridine rings is 1. The summed E-state index contributed by atoms with van der Waals surface area (Å²) in [6.07, 6.45) is 3.65. The molecule has 0 fully saturated rings.